The van der Waals surface area contributed by atoms with E-state index < -0.39 is 0 Å². The molecule has 1 unspecified atom stereocenters. The largest absolute Gasteiger partial charge is 0.508 e. The average Bonchev–Trinajstić information content (AvgIpc) is 3.24. The van der Waals surface area contributed by atoms with Crippen molar-refractivity contribution in [3.05, 3.63) is 47.0 Å². The highest BCUT2D eigenvalue weighted by Gasteiger charge is 2.37. The van der Waals surface area contributed by atoms with E-state index in [4.69, 9.17) is 4.74 Å². The number of benzene rings is 2. The summed E-state index contributed by atoms with van der Waals surface area (Å²) in [6.07, 6.45) is 0.233. The number of hydrogen-bond acceptors (Lipinski definition) is 6. The molecule has 1 amide bonds. The van der Waals surface area contributed by atoms with Crippen LogP contribution in [-0.4, -0.2) is 38.7 Å². The lowest BCUT2D eigenvalue weighted by Gasteiger charge is -2.26. The third kappa shape index (κ3) is 3.87. The number of nitrogens with zero attached hydrogens (tertiary/aromatic N) is 2. The van der Waals surface area contributed by atoms with Gasteiger partial charge < -0.3 is 19.8 Å². The highest BCUT2D eigenvalue weighted by Crippen LogP contribution is 2.37. The Hall–Kier alpha value is -2.80. The highest BCUT2D eigenvalue weighted by molar-refractivity contribution is 7.18. The molecule has 29 heavy (non-hydrogen) atoms. The number of fused-ring (bicyclic) bond motifs is 1. The lowest BCUT2D eigenvalue weighted by molar-refractivity contribution is -0.129. The van der Waals surface area contributed by atoms with Gasteiger partial charge in [0.2, 0.25) is 5.91 Å². The Morgan fingerprint density at radius 1 is 1.17 bits per heavy atom. The Kier molecular flexibility index (Phi) is 5.08. The average molecular weight is 413 g/mol. The van der Waals surface area contributed by atoms with Gasteiger partial charge in [0.25, 0.3) is 0 Å². The van der Waals surface area contributed by atoms with Crippen molar-refractivity contribution in [3.63, 3.8) is 0 Å². The molecule has 1 aliphatic rings. The van der Waals surface area contributed by atoms with Crippen molar-refractivity contribution >= 4 is 27.5 Å². The second-order valence-electron chi connectivity index (χ2n) is 7.63. The lowest BCUT2D eigenvalue weighted by Crippen LogP contribution is -2.31. The number of likely N-dealkylation sites (tertiary alicyclic amines) is 1. The molecule has 3 atom stereocenters. The fourth-order valence-corrected chi connectivity index (χ4v) is 4.72. The van der Waals surface area contributed by atoms with Gasteiger partial charge >= 0.3 is 0 Å². The van der Waals surface area contributed by atoms with Crippen molar-refractivity contribution in [1.29, 1.82) is 0 Å². The number of phenols is 2. The van der Waals surface area contributed by atoms with Crippen molar-refractivity contribution in [2.75, 3.05) is 6.54 Å². The smallest absolute Gasteiger partial charge is 0.223 e. The van der Waals surface area contributed by atoms with E-state index in [0.29, 0.717) is 18.7 Å². The minimum absolute atomic E-state index is 0.0495. The zero-order valence-electron chi connectivity index (χ0n) is 16.6. The van der Waals surface area contributed by atoms with Crippen molar-refractivity contribution < 1.29 is 19.7 Å². The van der Waals surface area contributed by atoms with Gasteiger partial charge in [0.05, 0.1) is 21.3 Å². The topological polar surface area (TPSA) is 82.9 Å². The standard InChI is InChI=1S/C22H24N2O4S/c1-12(15-4-6-17(25)7-5-15)24-11-16(8-21(24)27)13(2)28-20-10-18(26)9-19-22(20)29-14(3)23-19/h4-7,9-10,12-13,16,25-26H,8,11H2,1-3H3/t12-,13-,16?/m1/s1. The first-order valence-corrected chi connectivity index (χ1v) is 10.5. The number of amides is 1. The van der Waals surface area contributed by atoms with Crippen LogP contribution in [0.1, 0.15) is 36.9 Å². The maximum atomic E-state index is 12.7. The van der Waals surface area contributed by atoms with Gasteiger partial charge in [0, 0.05) is 31.0 Å². The SMILES string of the molecule is Cc1nc2cc(O)cc(O[C@H](C)C3CC(=O)N([C@H](C)c4ccc(O)cc4)C3)c2s1. The Balaban J connectivity index is 1.50. The van der Waals surface area contributed by atoms with Gasteiger partial charge in [-0.25, -0.2) is 4.98 Å². The first kappa shape index (κ1) is 19.5. The zero-order valence-corrected chi connectivity index (χ0v) is 17.4. The second-order valence-corrected chi connectivity index (χ2v) is 8.83. The summed E-state index contributed by atoms with van der Waals surface area (Å²) < 4.78 is 7.11. The van der Waals surface area contributed by atoms with Crippen LogP contribution in [0.2, 0.25) is 0 Å². The van der Waals surface area contributed by atoms with Crippen molar-refractivity contribution in [3.8, 4) is 17.2 Å². The van der Waals surface area contributed by atoms with Crippen LogP contribution in [0.4, 0.5) is 0 Å². The monoisotopic (exact) mass is 412 g/mol. The minimum Gasteiger partial charge on any atom is -0.508 e. The predicted octanol–water partition coefficient (Wildman–Crippen LogP) is 4.39. The van der Waals surface area contributed by atoms with Gasteiger partial charge in [0.1, 0.15) is 23.4 Å². The second kappa shape index (κ2) is 7.55. The molecule has 2 heterocycles. The molecular formula is C22H24N2O4S. The molecule has 1 aromatic heterocycles. The third-order valence-electron chi connectivity index (χ3n) is 5.56. The third-order valence-corrected chi connectivity index (χ3v) is 6.56. The maximum absolute atomic E-state index is 12.7. The van der Waals surface area contributed by atoms with Crippen LogP contribution < -0.4 is 4.74 Å². The van der Waals surface area contributed by atoms with Crippen LogP contribution in [0.25, 0.3) is 10.2 Å². The molecule has 2 N–H and O–H groups in total. The zero-order chi connectivity index (χ0) is 20.7. The number of hydrogen-bond donors (Lipinski definition) is 2. The number of carbonyl (C=O) groups excluding carboxylic acids is 1. The Morgan fingerprint density at radius 3 is 2.62 bits per heavy atom. The summed E-state index contributed by atoms with van der Waals surface area (Å²) in [5.74, 6) is 1.09. The Bertz CT molecular complexity index is 1050. The fourth-order valence-electron chi connectivity index (χ4n) is 3.87. The molecule has 6 nitrogen and oxygen atoms in total. The molecule has 0 spiro atoms. The van der Waals surface area contributed by atoms with Gasteiger partial charge in [-0.1, -0.05) is 12.1 Å². The van der Waals surface area contributed by atoms with Crippen LogP contribution in [0.15, 0.2) is 36.4 Å². The maximum Gasteiger partial charge on any atom is 0.223 e. The van der Waals surface area contributed by atoms with Crippen LogP contribution in [0.5, 0.6) is 17.2 Å². The summed E-state index contributed by atoms with van der Waals surface area (Å²) in [6, 6.07) is 10.1. The number of rotatable bonds is 5. The van der Waals surface area contributed by atoms with E-state index >= 15 is 0 Å². The van der Waals surface area contributed by atoms with Crippen LogP contribution >= 0.6 is 11.3 Å². The van der Waals surface area contributed by atoms with Crippen molar-refractivity contribution in [1.82, 2.24) is 9.88 Å². The number of aromatic nitrogens is 1. The summed E-state index contributed by atoms with van der Waals surface area (Å²) in [4.78, 5) is 19.0. The molecule has 7 heteroatoms. The van der Waals surface area contributed by atoms with Crippen LogP contribution in [0, 0.1) is 12.8 Å². The Morgan fingerprint density at radius 2 is 1.90 bits per heavy atom. The number of aromatic hydroxyl groups is 2. The van der Waals surface area contributed by atoms with E-state index in [9.17, 15) is 15.0 Å². The van der Waals surface area contributed by atoms with Crippen LogP contribution in [-0.2, 0) is 4.79 Å². The molecule has 0 aliphatic carbocycles. The minimum atomic E-state index is -0.191. The number of carbonyl (C=O) groups is 1. The molecule has 0 radical (unpaired) electrons. The number of ether oxygens (including phenoxy) is 1. The summed E-state index contributed by atoms with van der Waals surface area (Å²) >= 11 is 1.53. The van der Waals surface area contributed by atoms with Crippen molar-refractivity contribution in [2.45, 2.75) is 39.3 Å². The van der Waals surface area contributed by atoms with Gasteiger partial charge in [-0.15, -0.1) is 11.3 Å². The fraction of sp³-hybridized carbons (Fsp3) is 0.364. The van der Waals surface area contributed by atoms with E-state index in [1.54, 1.807) is 24.3 Å². The molecule has 2 aromatic carbocycles. The van der Waals surface area contributed by atoms with E-state index in [1.165, 1.54) is 11.3 Å². The quantitative estimate of drug-likeness (QED) is 0.649. The molecule has 4 rings (SSSR count). The molecule has 1 aliphatic heterocycles. The van der Waals surface area contributed by atoms with E-state index in [-0.39, 0.29) is 35.5 Å². The van der Waals surface area contributed by atoms with Crippen LogP contribution in [0.3, 0.4) is 0 Å². The summed E-state index contributed by atoms with van der Waals surface area (Å²) in [5.41, 5.74) is 1.71. The molecule has 1 fully saturated rings. The molecule has 0 saturated carbocycles. The molecular weight excluding hydrogens is 388 g/mol. The first-order chi connectivity index (χ1) is 13.8. The van der Waals surface area contributed by atoms with E-state index in [0.717, 1.165) is 20.8 Å². The summed E-state index contributed by atoms with van der Waals surface area (Å²) in [6.45, 7) is 6.49. The molecule has 0 bridgehead atoms. The summed E-state index contributed by atoms with van der Waals surface area (Å²) in [7, 11) is 0. The normalized spacial score (nSPS) is 18.9. The number of aryl methyl sites for hydroxylation is 1. The van der Waals surface area contributed by atoms with Gasteiger partial charge in [-0.3, -0.25) is 4.79 Å². The highest BCUT2D eigenvalue weighted by atomic mass is 32.1. The van der Waals surface area contributed by atoms with Gasteiger partial charge in [-0.2, -0.15) is 0 Å². The molecule has 3 aromatic rings. The lowest BCUT2D eigenvalue weighted by atomic mass is 10.0. The predicted molar refractivity (Wildman–Crippen MR) is 112 cm³/mol. The van der Waals surface area contributed by atoms with Crippen molar-refractivity contribution in [2.24, 2.45) is 5.92 Å². The van der Waals surface area contributed by atoms with Gasteiger partial charge in [0.15, 0.2) is 0 Å². The molecule has 152 valence electrons. The molecule has 1 saturated heterocycles. The number of thiazole rings is 1. The number of phenolic OH excluding ortho intramolecular Hbond substituents is 2. The Labute approximate surface area is 173 Å². The van der Waals surface area contributed by atoms with E-state index in [1.807, 2.05) is 37.8 Å². The van der Waals surface area contributed by atoms with Gasteiger partial charge in [-0.05, 0) is 38.5 Å². The van der Waals surface area contributed by atoms with E-state index in [2.05, 4.69) is 4.98 Å². The summed E-state index contributed by atoms with van der Waals surface area (Å²) in [5, 5.41) is 20.4. The first-order valence-electron chi connectivity index (χ1n) is 9.67.